The molecule has 110 valence electrons. The number of hydrogen-bond acceptors (Lipinski definition) is 4. The number of nitrogens with zero attached hydrogens (tertiary/aromatic N) is 1. The first kappa shape index (κ1) is 14.8. The summed E-state index contributed by atoms with van der Waals surface area (Å²) in [5.74, 6) is -0.454. The molecule has 3 N–H and O–H groups in total. The summed E-state index contributed by atoms with van der Waals surface area (Å²) in [7, 11) is 0. The first-order chi connectivity index (χ1) is 10.0. The van der Waals surface area contributed by atoms with Crippen LogP contribution in [0.4, 0.5) is 0 Å². The van der Waals surface area contributed by atoms with Crippen LogP contribution < -0.4 is 11.2 Å². The summed E-state index contributed by atoms with van der Waals surface area (Å²) in [5.41, 5.74) is 0.0787. The third kappa shape index (κ3) is 3.28. The number of aliphatic imine (C=N–C) groups is 1. The minimum absolute atomic E-state index is 0.0138. The highest BCUT2D eigenvalue weighted by molar-refractivity contribution is 6.01. The Bertz CT molecular complexity index is 760. The Morgan fingerprint density at radius 3 is 2.48 bits per heavy atom. The minimum Gasteiger partial charge on any atom is -0.494 e. The Hall–Kier alpha value is -2.63. The lowest BCUT2D eigenvalue weighted by Crippen LogP contribution is -2.27. The zero-order valence-electron chi connectivity index (χ0n) is 11.9. The summed E-state index contributed by atoms with van der Waals surface area (Å²) in [6.45, 7) is 3.74. The Morgan fingerprint density at radius 2 is 1.90 bits per heavy atom. The normalized spacial score (nSPS) is 13.1. The van der Waals surface area contributed by atoms with Gasteiger partial charge in [-0.25, -0.2) is 4.79 Å². The van der Waals surface area contributed by atoms with E-state index < -0.39 is 17.1 Å². The molecular formula is C15H17N3O3. The molecular weight excluding hydrogens is 270 g/mol. The van der Waals surface area contributed by atoms with Gasteiger partial charge in [-0.2, -0.15) is 0 Å². The van der Waals surface area contributed by atoms with Crippen molar-refractivity contribution in [1.29, 1.82) is 0 Å². The Morgan fingerprint density at radius 1 is 1.24 bits per heavy atom. The molecule has 0 aliphatic carbocycles. The second-order valence-corrected chi connectivity index (χ2v) is 4.65. The molecule has 1 atom stereocenters. The van der Waals surface area contributed by atoms with Crippen molar-refractivity contribution in [2.75, 3.05) is 0 Å². The van der Waals surface area contributed by atoms with Gasteiger partial charge in [0.25, 0.3) is 5.56 Å². The molecule has 0 saturated heterocycles. The lowest BCUT2D eigenvalue weighted by atomic mass is 10.1. The second-order valence-electron chi connectivity index (χ2n) is 4.65. The van der Waals surface area contributed by atoms with Gasteiger partial charge in [-0.15, -0.1) is 0 Å². The van der Waals surface area contributed by atoms with Gasteiger partial charge in [0.1, 0.15) is 5.56 Å². The van der Waals surface area contributed by atoms with Crippen LogP contribution in [0.5, 0.6) is 5.88 Å². The topological polar surface area (TPSA) is 98.3 Å². The van der Waals surface area contributed by atoms with Crippen molar-refractivity contribution < 1.29 is 5.11 Å². The molecule has 0 bridgehead atoms. The van der Waals surface area contributed by atoms with E-state index >= 15 is 0 Å². The molecule has 0 fully saturated rings. The van der Waals surface area contributed by atoms with E-state index in [1.165, 1.54) is 0 Å². The maximum Gasteiger partial charge on any atom is 0.328 e. The molecule has 2 aromatic rings. The maximum absolute atomic E-state index is 11.9. The summed E-state index contributed by atoms with van der Waals surface area (Å²) in [5, 5.41) is 9.80. The average Bonchev–Trinajstić information content (AvgIpc) is 2.45. The van der Waals surface area contributed by atoms with Crippen LogP contribution in [0.2, 0.25) is 0 Å². The zero-order valence-corrected chi connectivity index (χ0v) is 11.9. The van der Waals surface area contributed by atoms with E-state index in [2.05, 4.69) is 15.0 Å². The highest BCUT2D eigenvalue weighted by Crippen LogP contribution is 2.19. The largest absolute Gasteiger partial charge is 0.494 e. The number of nitrogens with one attached hydrogen (secondary N) is 2. The number of aromatic hydroxyl groups is 1. The van der Waals surface area contributed by atoms with Gasteiger partial charge in [-0.3, -0.25) is 19.8 Å². The first-order valence-corrected chi connectivity index (χ1v) is 6.70. The highest BCUT2D eigenvalue weighted by Gasteiger charge is 2.15. The number of aromatic nitrogens is 2. The molecule has 0 aliphatic heterocycles. The third-order valence-electron chi connectivity index (χ3n) is 3.18. The van der Waals surface area contributed by atoms with Crippen molar-refractivity contribution in [3.63, 3.8) is 0 Å². The van der Waals surface area contributed by atoms with Crippen LogP contribution >= 0.6 is 0 Å². The van der Waals surface area contributed by atoms with E-state index in [9.17, 15) is 14.7 Å². The number of aromatic amines is 2. The smallest absolute Gasteiger partial charge is 0.328 e. The highest BCUT2D eigenvalue weighted by atomic mass is 16.3. The minimum atomic E-state index is -0.743. The van der Waals surface area contributed by atoms with E-state index in [1.54, 1.807) is 0 Å². The Labute approximate surface area is 121 Å². The Kier molecular flexibility index (Phi) is 4.37. The zero-order chi connectivity index (χ0) is 15.4. The van der Waals surface area contributed by atoms with Crippen molar-refractivity contribution in [2.24, 2.45) is 4.99 Å². The van der Waals surface area contributed by atoms with E-state index in [4.69, 9.17) is 0 Å². The fourth-order valence-electron chi connectivity index (χ4n) is 2.11. The van der Waals surface area contributed by atoms with E-state index in [-0.39, 0.29) is 11.6 Å². The van der Waals surface area contributed by atoms with Crippen molar-refractivity contribution in [2.45, 2.75) is 26.3 Å². The molecule has 6 heteroatoms. The SMILES string of the molecule is CCC(=NC(C)c1ccccc1)c1c(O)[nH]c(=O)[nH]c1=O. The number of benzene rings is 1. The molecule has 6 nitrogen and oxygen atoms in total. The molecule has 2 rings (SSSR count). The van der Waals surface area contributed by atoms with Crippen molar-refractivity contribution in [3.05, 3.63) is 62.3 Å². The van der Waals surface area contributed by atoms with E-state index in [0.717, 1.165) is 5.56 Å². The molecule has 21 heavy (non-hydrogen) atoms. The van der Waals surface area contributed by atoms with Crippen LogP contribution in [0.3, 0.4) is 0 Å². The molecule has 1 aromatic carbocycles. The first-order valence-electron chi connectivity index (χ1n) is 6.70. The monoisotopic (exact) mass is 287 g/mol. The van der Waals surface area contributed by atoms with Gasteiger partial charge in [-0.05, 0) is 18.9 Å². The van der Waals surface area contributed by atoms with Gasteiger partial charge in [0.15, 0.2) is 0 Å². The standard InChI is InChI=1S/C15H17N3O3/c1-3-11(12-13(19)17-15(21)18-14(12)20)16-9(2)10-7-5-4-6-8-10/h4-9H,3H2,1-2H3,(H3,17,18,19,20,21). The van der Waals surface area contributed by atoms with Crippen LogP contribution in [0.15, 0.2) is 44.9 Å². The summed E-state index contributed by atoms with van der Waals surface area (Å²) in [4.78, 5) is 31.7. The van der Waals surface area contributed by atoms with Crippen molar-refractivity contribution in [1.82, 2.24) is 9.97 Å². The molecule has 1 unspecified atom stereocenters. The van der Waals surface area contributed by atoms with Crippen LogP contribution in [-0.2, 0) is 0 Å². The number of H-pyrrole nitrogens is 2. The maximum atomic E-state index is 11.9. The van der Waals surface area contributed by atoms with Gasteiger partial charge < -0.3 is 5.11 Å². The summed E-state index contributed by atoms with van der Waals surface area (Å²) < 4.78 is 0. The van der Waals surface area contributed by atoms with Gasteiger partial charge in [0.2, 0.25) is 5.88 Å². The molecule has 0 saturated carbocycles. The molecule has 1 heterocycles. The molecule has 0 aliphatic rings. The number of rotatable bonds is 4. The van der Waals surface area contributed by atoms with Gasteiger partial charge in [0.05, 0.1) is 11.8 Å². The van der Waals surface area contributed by atoms with Crippen molar-refractivity contribution in [3.8, 4) is 5.88 Å². The van der Waals surface area contributed by atoms with Crippen molar-refractivity contribution >= 4 is 5.71 Å². The summed E-state index contributed by atoms with van der Waals surface area (Å²) in [6.07, 6.45) is 0.458. The van der Waals surface area contributed by atoms with Gasteiger partial charge >= 0.3 is 5.69 Å². The number of hydrogen-bond donors (Lipinski definition) is 3. The predicted octanol–water partition coefficient (Wildman–Crippen LogP) is 1.73. The second kappa shape index (κ2) is 6.21. The summed E-state index contributed by atoms with van der Waals surface area (Å²) >= 11 is 0. The van der Waals surface area contributed by atoms with E-state index in [1.807, 2.05) is 44.2 Å². The van der Waals surface area contributed by atoms with Crippen LogP contribution in [0, 0.1) is 0 Å². The van der Waals surface area contributed by atoms with Crippen LogP contribution in [-0.4, -0.2) is 20.8 Å². The van der Waals surface area contributed by atoms with Gasteiger partial charge in [-0.1, -0.05) is 37.3 Å². The lowest BCUT2D eigenvalue weighted by Gasteiger charge is -2.11. The molecule has 0 radical (unpaired) electrons. The summed E-state index contributed by atoms with van der Waals surface area (Å²) in [6, 6.07) is 9.47. The van der Waals surface area contributed by atoms with Crippen LogP contribution in [0.25, 0.3) is 0 Å². The molecule has 0 spiro atoms. The Balaban J connectivity index is 2.48. The van der Waals surface area contributed by atoms with E-state index in [0.29, 0.717) is 12.1 Å². The molecule has 1 aromatic heterocycles. The average molecular weight is 287 g/mol. The fraction of sp³-hybridized carbons (Fsp3) is 0.267. The van der Waals surface area contributed by atoms with Crippen LogP contribution in [0.1, 0.15) is 37.4 Å². The fourth-order valence-corrected chi connectivity index (χ4v) is 2.11. The molecule has 0 amide bonds. The lowest BCUT2D eigenvalue weighted by molar-refractivity contribution is 0.447. The quantitative estimate of drug-likeness (QED) is 0.747. The third-order valence-corrected chi connectivity index (χ3v) is 3.18. The van der Waals surface area contributed by atoms with Gasteiger partial charge in [0, 0.05) is 0 Å². The predicted molar refractivity (Wildman–Crippen MR) is 81.0 cm³/mol.